The van der Waals surface area contributed by atoms with E-state index in [9.17, 15) is 24.0 Å². The van der Waals surface area contributed by atoms with Crippen LogP contribution in [0.2, 0.25) is 0 Å². The van der Waals surface area contributed by atoms with Crippen LogP contribution in [0, 0.1) is 0 Å². The Morgan fingerprint density at radius 1 is 1.00 bits per heavy atom. The summed E-state index contributed by atoms with van der Waals surface area (Å²) in [6.45, 7) is 6.25. The summed E-state index contributed by atoms with van der Waals surface area (Å²) in [5.41, 5.74) is 2.47. The number of rotatable bonds is 10. The molecule has 2 aromatic carbocycles. The second kappa shape index (κ2) is 15.2. The van der Waals surface area contributed by atoms with Crippen LogP contribution in [0.5, 0.6) is 5.75 Å². The van der Waals surface area contributed by atoms with Gasteiger partial charge in [-0.3, -0.25) is 43.5 Å². The van der Waals surface area contributed by atoms with E-state index in [1.165, 1.54) is 16.9 Å². The van der Waals surface area contributed by atoms with Crippen LogP contribution >= 0.6 is 27.3 Å². The lowest BCUT2D eigenvalue weighted by molar-refractivity contribution is -0.136. The molecule has 4 aliphatic heterocycles. The minimum absolute atomic E-state index is 0.0887. The number of carbonyl (C=O) groups excluding carboxylic acids is 4. The number of aromatic nitrogens is 2. The SMILES string of the molecule is CN1C[C@H](Nc2nc3sccn3c(=O)c2Br)C[C@H](c2ccc(OCCCN3CCN(c4cccc5c4C(=O)N(C4CCC(=O)NC4=O)C5=O)CC3)cc2)C1. The predicted molar refractivity (Wildman–Crippen MR) is 208 cm³/mol. The molecule has 1 unspecified atom stereocenters. The lowest BCUT2D eigenvalue weighted by Crippen LogP contribution is -2.54. The molecule has 2 N–H and O–H groups in total. The fourth-order valence-electron chi connectivity index (χ4n) is 8.10. The van der Waals surface area contributed by atoms with Gasteiger partial charge in [-0.1, -0.05) is 18.2 Å². The fraction of sp³-hybridized carbons (Fsp3) is 0.421. The Bertz CT molecular complexity index is 2170. The smallest absolute Gasteiger partial charge is 0.275 e. The van der Waals surface area contributed by atoms with Crippen LogP contribution in [0.3, 0.4) is 0 Å². The molecule has 8 rings (SSSR count). The number of carbonyl (C=O) groups is 4. The van der Waals surface area contributed by atoms with E-state index in [4.69, 9.17) is 4.74 Å². The highest BCUT2D eigenvalue weighted by Gasteiger charge is 2.46. The number of ether oxygens (including phenoxy) is 1. The zero-order valence-electron chi connectivity index (χ0n) is 29.8. The normalized spacial score (nSPS) is 22.5. The molecule has 6 heterocycles. The number of benzene rings is 2. The van der Waals surface area contributed by atoms with E-state index in [0.29, 0.717) is 57.7 Å². The monoisotopic (exact) mass is 816 g/mol. The van der Waals surface area contributed by atoms with Crippen LogP contribution in [0.15, 0.2) is 63.3 Å². The highest BCUT2D eigenvalue weighted by molar-refractivity contribution is 9.10. The minimum atomic E-state index is -0.983. The molecular formula is C38H41BrN8O6S. The van der Waals surface area contributed by atoms with Crippen LogP contribution in [-0.4, -0.2) is 119 Å². The lowest BCUT2D eigenvalue weighted by atomic mass is 9.88. The molecule has 4 aliphatic rings. The van der Waals surface area contributed by atoms with Gasteiger partial charge in [0.15, 0.2) is 4.96 Å². The van der Waals surface area contributed by atoms with Crippen LogP contribution in [0.25, 0.3) is 4.96 Å². The largest absolute Gasteiger partial charge is 0.494 e. The van der Waals surface area contributed by atoms with Gasteiger partial charge in [0.1, 0.15) is 22.1 Å². The standard InChI is InChI=1S/C38H41BrN8O6S/c1-43-21-24(20-25(22-43)40-33-32(39)37(52)46-17-19-54-38(46)42-33)23-6-8-26(9-7-23)53-18-3-12-44-13-15-45(16-14-44)28-5-2-4-27-31(28)36(51)47(35(27)50)29-10-11-30(48)41-34(29)49/h2,4-9,17,19,24-25,29,40H,3,10-16,18,20-22H2,1H3,(H,41,48,49)/t24-,25+,29?/m0/s1. The van der Waals surface area contributed by atoms with E-state index in [1.54, 1.807) is 22.7 Å². The molecule has 2 aromatic heterocycles. The summed E-state index contributed by atoms with van der Waals surface area (Å²) >= 11 is 4.90. The van der Waals surface area contributed by atoms with Gasteiger partial charge in [-0.2, -0.15) is 0 Å². The molecule has 3 fully saturated rings. The van der Waals surface area contributed by atoms with Gasteiger partial charge in [-0.15, -0.1) is 11.3 Å². The van der Waals surface area contributed by atoms with Gasteiger partial charge < -0.3 is 19.9 Å². The van der Waals surface area contributed by atoms with E-state index < -0.39 is 29.7 Å². The Hall–Kier alpha value is -4.64. The summed E-state index contributed by atoms with van der Waals surface area (Å²) in [6, 6.07) is 12.8. The Labute approximate surface area is 324 Å². The number of imide groups is 2. The van der Waals surface area contributed by atoms with Gasteiger partial charge in [0.2, 0.25) is 11.8 Å². The number of likely N-dealkylation sites (tertiary alicyclic amines) is 1. The van der Waals surface area contributed by atoms with Gasteiger partial charge >= 0.3 is 0 Å². The van der Waals surface area contributed by atoms with E-state index >= 15 is 0 Å². The molecule has 3 atom stereocenters. The molecule has 14 nitrogen and oxygen atoms in total. The van der Waals surface area contributed by atoms with Crippen molar-refractivity contribution in [2.24, 2.45) is 0 Å². The second-order valence-electron chi connectivity index (χ2n) is 14.4. The first-order valence-electron chi connectivity index (χ1n) is 18.3. The third-order valence-corrected chi connectivity index (χ3v) is 12.3. The highest BCUT2D eigenvalue weighted by atomic mass is 79.9. The van der Waals surface area contributed by atoms with Crippen molar-refractivity contribution in [2.75, 3.05) is 69.7 Å². The maximum atomic E-state index is 13.6. The number of fused-ring (bicyclic) bond motifs is 2. The molecule has 4 amide bonds. The summed E-state index contributed by atoms with van der Waals surface area (Å²) in [4.78, 5) is 76.9. The van der Waals surface area contributed by atoms with Gasteiger partial charge in [-0.25, -0.2) is 4.98 Å². The Kier molecular flexibility index (Phi) is 10.3. The van der Waals surface area contributed by atoms with Crippen molar-refractivity contribution in [2.45, 2.75) is 43.7 Å². The first kappa shape index (κ1) is 36.3. The topological polar surface area (TPSA) is 149 Å². The quantitative estimate of drug-likeness (QED) is 0.179. The first-order valence-corrected chi connectivity index (χ1v) is 20.0. The number of amides is 4. The molecule has 0 saturated carbocycles. The Morgan fingerprint density at radius 3 is 2.57 bits per heavy atom. The summed E-state index contributed by atoms with van der Waals surface area (Å²) in [5.74, 6) is -0.229. The number of hydrogen-bond donors (Lipinski definition) is 2. The molecule has 3 saturated heterocycles. The number of halogens is 1. The molecule has 54 heavy (non-hydrogen) atoms. The van der Waals surface area contributed by atoms with Crippen LogP contribution < -0.4 is 25.8 Å². The summed E-state index contributed by atoms with van der Waals surface area (Å²) in [5, 5.41) is 7.64. The second-order valence-corrected chi connectivity index (χ2v) is 16.0. The number of thiazole rings is 1. The van der Waals surface area contributed by atoms with Gasteiger partial charge in [0.25, 0.3) is 17.4 Å². The number of hydrogen-bond acceptors (Lipinski definition) is 12. The van der Waals surface area contributed by atoms with Gasteiger partial charge in [0.05, 0.1) is 23.4 Å². The number of nitrogens with one attached hydrogen (secondary N) is 2. The number of anilines is 2. The molecule has 0 aliphatic carbocycles. The fourth-order valence-corrected chi connectivity index (χ4v) is 9.20. The Balaban J connectivity index is 0.803. The number of piperazine rings is 1. The van der Waals surface area contributed by atoms with Crippen LogP contribution in [-0.2, 0) is 9.59 Å². The maximum absolute atomic E-state index is 13.6. The predicted octanol–water partition coefficient (Wildman–Crippen LogP) is 3.41. The lowest BCUT2D eigenvalue weighted by Gasteiger charge is -2.37. The van der Waals surface area contributed by atoms with Crippen LogP contribution in [0.4, 0.5) is 11.5 Å². The number of piperidine rings is 2. The van der Waals surface area contributed by atoms with E-state index in [0.717, 1.165) is 56.2 Å². The molecule has 4 aromatic rings. The van der Waals surface area contributed by atoms with Crippen molar-refractivity contribution in [3.63, 3.8) is 0 Å². The molecular weight excluding hydrogens is 776 g/mol. The summed E-state index contributed by atoms with van der Waals surface area (Å²) in [6.07, 6.45) is 3.74. The third-order valence-electron chi connectivity index (χ3n) is 10.8. The zero-order valence-corrected chi connectivity index (χ0v) is 32.2. The zero-order chi connectivity index (χ0) is 37.5. The van der Waals surface area contributed by atoms with E-state index in [1.807, 2.05) is 23.6 Å². The molecule has 282 valence electrons. The van der Waals surface area contributed by atoms with Gasteiger partial charge in [0, 0.05) is 69.9 Å². The first-order chi connectivity index (χ1) is 26.1. The van der Waals surface area contributed by atoms with E-state index in [-0.39, 0.29) is 24.4 Å². The van der Waals surface area contributed by atoms with Crippen molar-refractivity contribution in [3.05, 3.63) is 85.6 Å². The maximum Gasteiger partial charge on any atom is 0.275 e. The van der Waals surface area contributed by atoms with E-state index in [2.05, 4.69) is 65.4 Å². The van der Waals surface area contributed by atoms with Crippen molar-refractivity contribution in [3.8, 4) is 5.75 Å². The molecule has 0 spiro atoms. The number of likely N-dealkylation sites (N-methyl/N-ethyl adjacent to an activating group) is 1. The third kappa shape index (κ3) is 7.14. The molecule has 16 heteroatoms. The summed E-state index contributed by atoms with van der Waals surface area (Å²) in [7, 11) is 2.12. The molecule has 0 bridgehead atoms. The van der Waals surface area contributed by atoms with Crippen LogP contribution in [0.1, 0.15) is 57.9 Å². The van der Waals surface area contributed by atoms with Crippen molar-refractivity contribution < 1.29 is 23.9 Å². The highest BCUT2D eigenvalue weighted by Crippen LogP contribution is 2.35. The van der Waals surface area contributed by atoms with Crippen molar-refractivity contribution >= 4 is 67.4 Å². The minimum Gasteiger partial charge on any atom is -0.494 e. The average Bonchev–Trinajstić information content (AvgIpc) is 3.74. The average molecular weight is 818 g/mol. The van der Waals surface area contributed by atoms with Crippen molar-refractivity contribution in [1.29, 1.82) is 0 Å². The number of nitrogens with zero attached hydrogens (tertiary/aromatic N) is 6. The van der Waals surface area contributed by atoms with Crippen molar-refractivity contribution in [1.82, 2.24) is 29.4 Å². The van der Waals surface area contributed by atoms with Gasteiger partial charge in [-0.05, 0) is 78.0 Å². The summed E-state index contributed by atoms with van der Waals surface area (Å²) < 4.78 is 8.12. The molecule has 0 radical (unpaired) electrons. The Morgan fingerprint density at radius 2 is 1.80 bits per heavy atom.